The highest BCUT2D eigenvalue weighted by Gasteiger charge is 2.05. The van der Waals surface area contributed by atoms with E-state index >= 15 is 0 Å². The molecule has 2 aromatic carbocycles. The zero-order valence-corrected chi connectivity index (χ0v) is 11.2. The highest BCUT2D eigenvalue weighted by molar-refractivity contribution is 5.92. The first-order valence-electron chi connectivity index (χ1n) is 6.04. The van der Waals surface area contributed by atoms with E-state index in [2.05, 4.69) is 0 Å². The maximum absolute atomic E-state index is 9.06. The molecule has 0 radical (unpaired) electrons. The van der Waals surface area contributed by atoms with Crippen LogP contribution in [0.5, 0.6) is 0 Å². The van der Waals surface area contributed by atoms with E-state index in [4.69, 9.17) is 21.0 Å². The molecule has 2 aromatic rings. The largest absolute Gasteiger partial charge is 0.192 e. The van der Waals surface area contributed by atoms with Crippen molar-refractivity contribution in [2.75, 3.05) is 0 Å². The Hall–Kier alpha value is -3.60. The zero-order valence-electron chi connectivity index (χ0n) is 11.2. The lowest BCUT2D eigenvalue weighted by Gasteiger charge is -2.02. The summed E-state index contributed by atoms with van der Waals surface area (Å²) in [5, 5.41) is 38.6. The highest BCUT2D eigenvalue weighted by Crippen LogP contribution is 2.10. The van der Waals surface area contributed by atoms with E-state index in [0.29, 0.717) is 21.2 Å². The lowest BCUT2D eigenvalue weighted by Crippen LogP contribution is -2.15. The lowest BCUT2D eigenvalue weighted by atomic mass is 9.99. The van der Waals surface area contributed by atoms with Gasteiger partial charge in [0.1, 0.15) is 35.4 Å². The Morgan fingerprint density at radius 3 is 1.67 bits per heavy atom. The number of rotatable bonds is 0. The minimum atomic E-state index is 0.00543. The number of hydrogen-bond donors (Lipinski definition) is 0. The second-order valence-corrected chi connectivity index (χ2v) is 4.41. The molecule has 2 rings (SSSR count). The van der Waals surface area contributed by atoms with Gasteiger partial charge in [-0.05, 0) is 17.7 Å². The van der Waals surface area contributed by atoms with Crippen LogP contribution < -0.4 is 10.4 Å². The summed E-state index contributed by atoms with van der Waals surface area (Å²) >= 11 is 0. The van der Waals surface area contributed by atoms with Crippen molar-refractivity contribution in [2.24, 2.45) is 0 Å². The topological polar surface area (TPSA) is 95.2 Å². The summed E-state index contributed by atoms with van der Waals surface area (Å²) in [6, 6.07) is 16.2. The van der Waals surface area contributed by atoms with Crippen LogP contribution in [0.3, 0.4) is 0 Å². The number of nitrogens with zero attached hydrogens (tertiary/aromatic N) is 4. The summed E-state index contributed by atoms with van der Waals surface area (Å²) in [4.78, 5) is 0. The monoisotopic (exact) mass is 268 g/mol. The second-order valence-electron chi connectivity index (χ2n) is 4.41. The minimum Gasteiger partial charge on any atom is -0.192 e. The third-order valence-electron chi connectivity index (χ3n) is 3.16. The van der Waals surface area contributed by atoms with Crippen molar-refractivity contribution in [1.82, 2.24) is 0 Å². The van der Waals surface area contributed by atoms with Crippen LogP contribution in [0.1, 0.15) is 5.56 Å². The molecule has 0 spiro atoms. The predicted molar refractivity (Wildman–Crippen MR) is 77.2 cm³/mol. The minimum absolute atomic E-state index is 0.00543. The van der Waals surface area contributed by atoms with E-state index in [9.17, 15) is 0 Å². The fraction of sp³-hybridized carbons (Fsp3) is 0.0588. The van der Waals surface area contributed by atoms with Crippen molar-refractivity contribution >= 4 is 21.9 Å². The average molecular weight is 268 g/mol. The van der Waals surface area contributed by atoms with Gasteiger partial charge < -0.3 is 0 Å². The van der Waals surface area contributed by atoms with Crippen LogP contribution in [-0.2, 0) is 0 Å². The molecule has 0 aliphatic rings. The summed E-state index contributed by atoms with van der Waals surface area (Å²) in [5.74, 6) is 0. The summed E-state index contributed by atoms with van der Waals surface area (Å²) in [6.45, 7) is 1.90. The Morgan fingerprint density at radius 2 is 1.19 bits per heavy atom. The fourth-order valence-corrected chi connectivity index (χ4v) is 2.19. The molecule has 0 amide bonds. The van der Waals surface area contributed by atoms with Crippen LogP contribution in [0.4, 0.5) is 0 Å². The second kappa shape index (κ2) is 5.58. The number of nitriles is 4. The van der Waals surface area contributed by atoms with Gasteiger partial charge in [-0.1, -0.05) is 35.9 Å². The lowest BCUT2D eigenvalue weighted by molar-refractivity contribution is 1.46. The molecule has 4 heteroatoms. The van der Waals surface area contributed by atoms with E-state index in [1.807, 2.05) is 43.3 Å². The maximum Gasteiger partial charge on any atom is 0.137 e. The standard InChI is InChI=1S/C17H8N4/c1-11-2-3-16-14(12(7-18)8-19)4-5-15(17(16)6-11)13(9-20)10-21/h2-6H,1H3. The summed E-state index contributed by atoms with van der Waals surface area (Å²) in [6.07, 6.45) is 0. The number of aryl methyl sites for hydroxylation is 1. The first-order valence-corrected chi connectivity index (χ1v) is 6.04. The molecule has 0 aliphatic carbocycles. The van der Waals surface area contributed by atoms with Gasteiger partial charge >= 0.3 is 0 Å². The highest BCUT2D eigenvalue weighted by atomic mass is 14.3. The SMILES string of the molecule is Cc1ccc2c(=C(C#N)C#N)ccc(=C(C#N)C#N)c2c1. The predicted octanol–water partition coefficient (Wildman–Crippen LogP) is 1.54. The third kappa shape index (κ3) is 2.31. The van der Waals surface area contributed by atoms with E-state index in [0.717, 1.165) is 5.56 Å². The zero-order chi connectivity index (χ0) is 15.4. The van der Waals surface area contributed by atoms with Gasteiger partial charge in [0, 0.05) is 10.4 Å². The molecule has 0 atom stereocenters. The van der Waals surface area contributed by atoms with Gasteiger partial charge in [-0.3, -0.25) is 0 Å². The molecular formula is C17H8N4. The normalized spacial score (nSPS) is 9.00. The Kier molecular flexibility index (Phi) is 3.67. The number of hydrogen-bond acceptors (Lipinski definition) is 4. The molecule has 0 unspecified atom stereocenters. The molecule has 0 saturated heterocycles. The Morgan fingerprint density at radius 1 is 0.714 bits per heavy atom. The van der Waals surface area contributed by atoms with Crippen LogP contribution in [0.2, 0.25) is 0 Å². The smallest absolute Gasteiger partial charge is 0.137 e. The molecule has 0 bridgehead atoms. The van der Waals surface area contributed by atoms with Crippen LogP contribution in [0.15, 0.2) is 30.3 Å². The van der Waals surface area contributed by atoms with Gasteiger partial charge in [-0.2, -0.15) is 21.0 Å². The van der Waals surface area contributed by atoms with Gasteiger partial charge in [0.25, 0.3) is 0 Å². The van der Waals surface area contributed by atoms with E-state index < -0.39 is 0 Å². The third-order valence-corrected chi connectivity index (χ3v) is 3.16. The molecule has 0 aromatic heterocycles. The van der Waals surface area contributed by atoms with Gasteiger partial charge in [0.2, 0.25) is 0 Å². The van der Waals surface area contributed by atoms with Gasteiger partial charge in [-0.25, -0.2) is 0 Å². The average Bonchev–Trinajstić information content (AvgIpc) is 2.51. The molecule has 0 aliphatic heterocycles. The summed E-state index contributed by atoms with van der Waals surface area (Å²) < 4.78 is 0. The summed E-state index contributed by atoms with van der Waals surface area (Å²) in [5.41, 5.74) is 0.977. The van der Waals surface area contributed by atoms with Crippen molar-refractivity contribution in [1.29, 1.82) is 21.0 Å². The van der Waals surface area contributed by atoms with Crippen molar-refractivity contribution in [3.63, 3.8) is 0 Å². The number of fused-ring (bicyclic) bond motifs is 1. The van der Waals surface area contributed by atoms with Crippen molar-refractivity contribution in [3.8, 4) is 24.3 Å². The Balaban J connectivity index is 3.24. The molecule has 96 valence electrons. The molecule has 0 N–H and O–H groups in total. The van der Waals surface area contributed by atoms with Crippen LogP contribution >= 0.6 is 0 Å². The molecule has 0 fully saturated rings. The molecule has 21 heavy (non-hydrogen) atoms. The van der Waals surface area contributed by atoms with Crippen LogP contribution in [0.25, 0.3) is 21.9 Å². The first kappa shape index (κ1) is 13.8. The van der Waals surface area contributed by atoms with E-state index in [1.54, 1.807) is 18.2 Å². The quantitative estimate of drug-likeness (QED) is 0.724. The van der Waals surface area contributed by atoms with E-state index in [-0.39, 0.29) is 11.1 Å². The fourth-order valence-electron chi connectivity index (χ4n) is 2.19. The number of benzene rings is 2. The van der Waals surface area contributed by atoms with Gasteiger partial charge in [0.15, 0.2) is 0 Å². The summed E-state index contributed by atoms with van der Waals surface area (Å²) in [7, 11) is 0. The first-order chi connectivity index (χ1) is 10.2. The van der Waals surface area contributed by atoms with Gasteiger partial charge in [-0.15, -0.1) is 0 Å². The van der Waals surface area contributed by atoms with Crippen molar-refractivity contribution in [2.45, 2.75) is 6.92 Å². The van der Waals surface area contributed by atoms with Crippen LogP contribution in [-0.4, -0.2) is 0 Å². The van der Waals surface area contributed by atoms with Crippen molar-refractivity contribution < 1.29 is 0 Å². The molecule has 0 heterocycles. The molecule has 0 saturated carbocycles. The van der Waals surface area contributed by atoms with Crippen LogP contribution in [0, 0.1) is 52.2 Å². The Labute approximate surface area is 121 Å². The maximum atomic E-state index is 9.06. The van der Waals surface area contributed by atoms with E-state index in [1.165, 1.54) is 0 Å². The molecular weight excluding hydrogens is 260 g/mol. The van der Waals surface area contributed by atoms with Gasteiger partial charge in [0.05, 0.1) is 0 Å². The molecule has 4 nitrogen and oxygen atoms in total. The van der Waals surface area contributed by atoms with Crippen molar-refractivity contribution in [3.05, 3.63) is 46.3 Å². The Bertz CT molecular complexity index is 1000.